The highest BCUT2D eigenvalue weighted by Gasteiger charge is 2.39. The fraction of sp³-hybridized carbons (Fsp3) is 0.412. The first-order valence-electron chi connectivity index (χ1n) is 15.8. The molecule has 0 atom stereocenters. The number of aromatic nitrogens is 6. The molecule has 5 heterocycles. The molecule has 49 heavy (non-hydrogen) atoms. The molecule has 0 unspecified atom stereocenters. The van der Waals surface area contributed by atoms with Crippen molar-refractivity contribution in [3.8, 4) is 16.9 Å². The van der Waals surface area contributed by atoms with Gasteiger partial charge < -0.3 is 23.8 Å². The van der Waals surface area contributed by atoms with E-state index in [1.807, 2.05) is 44.1 Å². The molecule has 0 radical (unpaired) electrons. The van der Waals surface area contributed by atoms with E-state index in [0.717, 1.165) is 4.68 Å². The fourth-order valence-corrected chi connectivity index (χ4v) is 5.85. The van der Waals surface area contributed by atoms with Crippen LogP contribution in [0.2, 0.25) is 0 Å². The standard InChI is InChI=1S/C34H37F3N8O4/c1-20-13-24(40-31(39-20)43-9-11-44(12-10-43)32(47)49-33(3,4)5)16-23-19-48-29-25(27-18-42(6)41-30(27)34(35,36)37)14-22(15-26(29)28(23)46)17-45-8-7-38-21(45)2/h7-8,13-16,18H,9-12,17,19H2,1-6H3/b23-16+. The number of fused-ring (bicyclic) bond motifs is 1. The van der Waals surface area contributed by atoms with Crippen molar-refractivity contribution in [1.82, 2.24) is 34.2 Å². The van der Waals surface area contributed by atoms with Crippen LogP contribution in [0.15, 0.2) is 42.4 Å². The van der Waals surface area contributed by atoms with Crippen molar-refractivity contribution in [2.75, 3.05) is 37.7 Å². The van der Waals surface area contributed by atoms with Crippen molar-refractivity contribution in [1.29, 1.82) is 0 Å². The summed E-state index contributed by atoms with van der Waals surface area (Å²) in [4.78, 5) is 43.7. The van der Waals surface area contributed by atoms with Crippen molar-refractivity contribution in [2.45, 2.75) is 52.9 Å². The molecule has 2 aliphatic heterocycles. The number of nitrogens with zero attached hydrogens (tertiary/aromatic N) is 8. The van der Waals surface area contributed by atoms with Crippen LogP contribution in [0, 0.1) is 13.8 Å². The maximum Gasteiger partial charge on any atom is 0.435 e. The Morgan fingerprint density at radius 1 is 1.02 bits per heavy atom. The van der Waals surface area contributed by atoms with Crippen LogP contribution in [0.5, 0.6) is 5.75 Å². The quantitative estimate of drug-likeness (QED) is 0.253. The van der Waals surface area contributed by atoms with E-state index in [2.05, 4.69) is 15.1 Å². The highest BCUT2D eigenvalue weighted by molar-refractivity contribution is 6.15. The average Bonchev–Trinajstić information content (AvgIpc) is 3.62. The Morgan fingerprint density at radius 2 is 1.73 bits per heavy atom. The van der Waals surface area contributed by atoms with Gasteiger partial charge in [-0.1, -0.05) is 0 Å². The second-order valence-corrected chi connectivity index (χ2v) is 13.2. The molecular weight excluding hydrogens is 641 g/mol. The number of hydrogen-bond acceptors (Lipinski definition) is 9. The topological polar surface area (TPSA) is 120 Å². The zero-order valence-electron chi connectivity index (χ0n) is 28.1. The summed E-state index contributed by atoms with van der Waals surface area (Å²) in [7, 11) is 1.41. The van der Waals surface area contributed by atoms with Gasteiger partial charge in [0.2, 0.25) is 5.95 Å². The van der Waals surface area contributed by atoms with Gasteiger partial charge in [-0.3, -0.25) is 9.48 Å². The van der Waals surface area contributed by atoms with E-state index in [4.69, 9.17) is 14.5 Å². The number of amides is 1. The summed E-state index contributed by atoms with van der Waals surface area (Å²) >= 11 is 0. The second-order valence-electron chi connectivity index (χ2n) is 13.2. The molecule has 2 aliphatic rings. The summed E-state index contributed by atoms with van der Waals surface area (Å²) in [5.41, 5.74) is 0.459. The van der Waals surface area contributed by atoms with E-state index < -0.39 is 17.5 Å². The van der Waals surface area contributed by atoms with Gasteiger partial charge in [0, 0.05) is 80.8 Å². The molecule has 6 rings (SSSR count). The second kappa shape index (κ2) is 12.7. The van der Waals surface area contributed by atoms with Crippen LogP contribution in [-0.2, 0) is 24.5 Å². The molecule has 1 amide bonds. The van der Waals surface area contributed by atoms with Gasteiger partial charge in [-0.05, 0) is 64.5 Å². The van der Waals surface area contributed by atoms with E-state index in [9.17, 15) is 22.8 Å². The third kappa shape index (κ3) is 7.29. The summed E-state index contributed by atoms with van der Waals surface area (Å²) in [5.74, 6) is 0.847. The first-order valence-corrected chi connectivity index (χ1v) is 15.8. The van der Waals surface area contributed by atoms with Crippen molar-refractivity contribution < 1.29 is 32.2 Å². The molecule has 0 bridgehead atoms. The smallest absolute Gasteiger partial charge is 0.435 e. The zero-order chi connectivity index (χ0) is 35.2. The number of anilines is 1. The van der Waals surface area contributed by atoms with Gasteiger partial charge in [-0.2, -0.15) is 18.3 Å². The molecule has 1 fully saturated rings. The first-order chi connectivity index (χ1) is 23.1. The van der Waals surface area contributed by atoms with Crippen LogP contribution in [0.1, 0.15) is 59.6 Å². The molecule has 3 aromatic heterocycles. The number of carbonyl (C=O) groups is 2. The molecule has 1 aromatic carbocycles. The van der Waals surface area contributed by atoms with Crippen LogP contribution >= 0.6 is 0 Å². The molecule has 12 nitrogen and oxygen atoms in total. The monoisotopic (exact) mass is 678 g/mol. The van der Waals surface area contributed by atoms with E-state index in [1.165, 1.54) is 13.2 Å². The lowest BCUT2D eigenvalue weighted by Gasteiger charge is -2.35. The Labute approximate surface area is 281 Å². The number of imidazole rings is 1. The molecule has 1 saturated heterocycles. The Kier molecular flexibility index (Phi) is 8.71. The normalized spacial score (nSPS) is 16.2. The summed E-state index contributed by atoms with van der Waals surface area (Å²) in [6.07, 6.45) is 1.19. The Balaban J connectivity index is 1.32. The zero-order valence-corrected chi connectivity index (χ0v) is 28.1. The maximum absolute atomic E-state index is 14.1. The summed E-state index contributed by atoms with van der Waals surface area (Å²) in [6.45, 7) is 11.1. The van der Waals surface area contributed by atoms with Gasteiger partial charge in [-0.15, -0.1) is 0 Å². The fourth-order valence-electron chi connectivity index (χ4n) is 5.85. The maximum atomic E-state index is 14.1. The van der Waals surface area contributed by atoms with Gasteiger partial charge in [0.15, 0.2) is 11.5 Å². The van der Waals surface area contributed by atoms with Crippen molar-refractivity contribution in [3.63, 3.8) is 0 Å². The van der Waals surface area contributed by atoms with Crippen molar-refractivity contribution in [3.05, 3.63) is 76.4 Å². The van der Waals surface area contributed by atoms with Gasteiger partial charge in [0.25, 0.3) is 0 Å². The number of ketones is 1. The molecule has 0 N–H and O–H groups in total. The summed E-state index contributed by atoms with van der Waals surface area (Å²) in [6, 6.07) is 5.00. The molecule has 15 heteroatoms. The molecular formula is C34H37F3N8O4. The van der Waals surface area contributed by atoms with Crippen LogP contribution in [0.25, 0.3) is 17.2 Å². The molecule has 4 aromatic rings. The summed E-state index contributed by atoms with van der Waals surface area (Å²) < 4.78 is 56.8. The van der Waals surface area contributed by atoms with E-state index >= 15 is 0 Å². The molecule has 0 saturated carbocycles. The number of carbonyl (C=O) groups excluding carboxylic acids is 2. The van der Waals surface area contributed by atoms with Gasteiger partial charge in [-0.25, -0.2) is 19.7 Å². The largest absolute Gasteiger partial charge is 0.487 e. The highest BCUT2D eigenvalue weighted by atomic mass is 19.4. The predicted molar refractivity (Wildman–Crippen MR) is 174 cm³/mol. The van der Waals surface area contributed by atoms with Crippen molar-refractivity contribution in [2.24, 2.45) is 7.05 Å². The van der Waals surface area contributed by atoms with Crippen LogP contribution in [0.4, 0.5) is 23.9 Å². The SMILES string of the molecule is Cc1cc(/C=C2\COc3c(cc(Cn4ccnc4C)cc3-c3cn(C)nc3C(F)(F)F)C2=O)nc(N2CCN(C(=O)OC(C)(C)C)CC2)n1. The average molecular weight is 679 g/mol. The Morgan fingerprint density at radius 3 is 2.39 bits per heavy atom. The number of ether oxygens (including phenoxy) is 2. The number of hydrogen-bond donors (Lipinski definition) is 0. The number of piperazine rings is 1. The predicted octanol–water partition coefficient (Wildman–Crippen LogP) is 5.47. The number of rotatable bonds is 5. The number of Topliss-reactive ketones (excluding diaryl/α,β-unsaturated/α-hetero) is 1. The Hall–Kier alpha value is -5.21. The molecule has 258 valence electrons. The van der Waals surface area contributed by atoms with Crippen LogP contribution in [0.3, 0.4) is 0 Å². The third-order valence-corrected chi connectivity index (χ3v) is 8.12. The first kappa shape index (κ1) is 33.7. The highest BCUT2D eigenvalue weighted by Crippen LogP contribution is 2.44. The van der Waals surface area contributed by atoms with Gasteiger partial charge in [0.05, 0.1) is 11.3 Å². The van der Waals surface area contributed by atoms with Crippen LogP contribution < -0.4 is 9.64 Å². The lowest BCUT2D eigenvalue weighted by molar-refractivity contribution is -0.141. The van der Waals surface area contributed by atoms with Gasteiger partial charge >= 0.3 is 12.3 Å². The van der Waals surface area contributed by atoms with E-state index in [-0.39, 0.29) is 53.0 Å². The molecule has 0 aliphatic carbocycles. The minimum Gasteiger partial charge on any atom is -0.487 e. The van der Waals surface area contributed by atoms with Crippen LogP contribution in [-0.4, -0.2) is 84.5 Å². The summed E-state index contributed by atoms with van der Waals surface area (Å²) in [5, 5.41) is 3.68. The van der Waals surface area contributed by atoms with Gasteiger partial charge in [0.1, 0.15) is 23.8 Å². The number of alkyl halides is 3. The minimum atomic E-state index is -4.73. The lowest BCUT2D eigenvalue weighted by Crippen LogP contribution is -2.50. The lowest BCUT2D eigenvalue weighted by atomic mass is 9.91. The number of halogens is 3. The minimum absolute atomic E-state index is 0.0640. The third-order valence-electron chi connectivity index (χ3n) is 8.12. The molecule has 0 spiro atoms. The number of benzene rings is 1. The van der Waals surface area contributed by atoms with E-state index in [0.29, 0.717) is 54.9 Å². The number of aryl methyl sites for hydroxylation is 3. The Bertz CT molecular complexity index is 1950. The van der Waals surface area contributed by atoms with Crippen molar-refractivity contribution >= 4 is 23.9 Å². The van der Waals surface area contributed by atoms with E-state index in [1.54, 1.807) is 41.6 Å².